The first kappa shape index (κ1) is 17.0. The van der Waals surface area contributed by atoms with Crippen LogP contribution in [0.15, 0.2) is 42.0 Å². The van der Waals surface area contributed by atoms with Gasteiger partial charge in [0.25, 0.3) is 0 Å². The van der Waals surface area contributed by atoms with Gasteiger partial charge in [-0.1, -0.05) is 36.4 Å². The second kappa shape index (κ2) is 7.62. The Morgan fingerprint density at radius 1 is 1.14 bits per heavy atom. The van der Waals surface area contributed by atoms with Crippen molar-refractivity contribution in [1.29, 1.82) is 0 Å². The number of carbonyl (C=O) groups excluding carboxylic acids is 2. The summed E-state index contributed by atoms with van der Waals surface area (Å²) in [7, 11) is 1.30. The summed E-state index contributed by atoms with van der Waals surface area (Å²) < 4.78 is 9.94. The molecule has 4 nitrogen and oxygen atoms in total. The van der Waals surface area contributed by atoms with Crippen LogP contribution in [-0.2, 0) is 25.5 Å². The lowest BCUT2D eigenvalue weighted by atomic mass is 10.1. The van der Waals surface area contributed by atoms with E-state index in [0.717, 1.165) is 5.56 Å². The molecule has 0 radical (unpaired) electrons. The molecule has 4 heteroatoms. The highest BCUT2D eigenvalue weighted by Gasteiger charge is 2.20. The summed E-state index contributed by atoms with van der Waals surface area (Å²) in [4.78, 5) is 23.6. The van der Waals surface area contributed by atoms with E-state index in [-0.39, 0.29) is 6.42 Å². The molecule has 0 N–H and O–H groups in total. The lowest BCUT2D eigenvalue weighted by Crippen LogP contribution is -2.25. The average molecular weight is 290 g/mol. The third-order valence-corrected chi connectivity index (χ3v) is 2.63. The van der Waals surface area contributed by atoms with Crippen LogP contribution in [0.5, 0.6) is 0 Å². The summed E-state index contributed by atoms with van der Waals surface area (Å²) in [5.41, 5.74) is 0.802. The van der Waals surface area contributed by atoms with Crippen LogP contribution in [0, 0.1) is 0 Å². The first-order valence-electron chi connectivity index (χ1n) is 6.85. The minimum absolute atomic E-state index is 0.0865. The van der Waals surface area contributed by atoms with Gasteiger partial charge in [0.2, 0.25) is 0 Å². The number of ether oxygens (including phenoxy) is 2. The molecule has 0 spiro atoms. The Bertz CT molecular complexity index is 509. The Morgan fingerprint density at radius 2 is 1.76 bits per heavy atom. The monoisotopic (exact) mass is 290 g/mol. The summed E-state index contributed by atoms with van der Waals surface area (Å²) in [5.74, 6) is -0.941. The van der Waals surface area contributed by atoms with Crippen LogP contribution in [0.1, 0.15) is 32.8 Å². The minimum atomic E-state index is -0.572. The van der Waals surface area contributed by atoms with Crippen molar-refractivity contribution in [3.63, 3.8) is 0 Å². The van der Waals surface area contributed by atoms with Gasteiger partial charge in [-0.15, -0.1) is 0 Å². The van der Waals surface area contributed by atoms with Crippen molar-refractivity contribution in [3.05, 3.63) is 47.5 Å². The van der Waals surface area contributed by atoms with Crippen LogP contribution in [0.2, 0.25) is 0 Å². The molecule has 21 heavy (non-hydrogen) atoms. The van der Waals surface area contributed by atoms with Crippen molar-refractivity contribution in [1.82, 2.24) is 0 Å². The molecule has 0 aromatic heterocycles. The zero-order valence-corrected chi connectivity index (χ0v) is 13.0. The molecule has 0 fully saturated rings. The van der Waals surface area contributed by atoms with Gasteiger partial charge in [-0.05, 0) is 32.8 Å². The summed E-state index contributed by atoms with van der Waals surface area (Å²) >= 11 is 0. The molecule has 114 valence electrons. The quantitative estimate of drug-likeness (QED) is 0.618. The number of methoxy groups -OCH3 is 1. The Balaban J connectivity index is 2.76. The molecule has 1 rings (SSSR count). The fourth-order valence-electron chi connectivity index (χ4n) is 1.75. The summed E-state index contributed by atoms with van der Waals surface area (Å²) in [6.45, 7) is 5.36. The standard InChI is InChI=1S/C17H22O4/c1-17(2,3)21-15(18)12-14(16(19)20-4)11-10-13-8-6-5-7-9-13/h5-9,11H,10,12H2,1-4H3/b14-11+. The van der Waals surface area contributed by atoms with Crippen molar-refractivity contribution in [2.75, 3.05) is 7.11 Å². The Morgan fingerprint density at radius 3 is 2.29 bits per heavy atom. The maximum Gasteiger partial charge on any atom is 0.334 e. The van der Waals surface area contributed by atoms with Crippen LogP contribution < -0.4 is 0 Å². The van der Waals surface area contributed by atoms with Crippen LogP contribution in [0.4, 0.5) is 0 Å². The second-order valence-electron chi connectivity index (χ2n) is 5.67. The fraction of sp³-hybridized carbons (Fsp3) is 0.412. The van der Waals surface area contributed by atoms with Gasteiger partial charge in [-0.2, -0.15) is 0 Å². The van der Waals surface area contributed by atoms with Gasteiger partial charge in [-0.3, -0.25) is 4.79 Å². The molecule has 0 aliphatic rings. The number of esters is 2. The molecule has 0 unspecified atom stereocenters. The normalized spacial score (nSPS) is 11.9. The topological polar surface area (TPSA) is 52.6 Å². The molecule has 0 atom stereocenters. The van der Waals surface area contributed by atoms with Gasteiger partial charge in [0.05, 0.1) is 13.5 Å². The van der Waals surface area contributed by atoms with Crippen LogP contribution in [0.3, 0.4) is 0 Å². The molecule has 1 aromatic rings. The van der Waals surface area contributed by atoms with Crippen molar-refractivity contribution in [2.24, 2.45) is 0 Å². The molecule has 0 saturated carbocycles. The molecular formula is C17H22O4. The van der Waals surface area contributed by atoms with E-state index in [0.29, 0.717) is 12.0 Å². The van der Waals surface area contributed by atoms with Crippen LogP contribution >= 0.6 is 0 Å². The molecule has 0 aliphatic heterocycles. The van der Waals surface area contributed by atoms with Gasteiger partial charge in [0.1, 0.15) is 5.60 Å². The molecule has 0 bridgehead atoms. The van der Waals surface area contributed by atoms with Gasteiger partial charge in [0, 0.05) is 5.57 Å². The Labute approximate surface area is 125 Å². The third-order valence-electron chi connectivity index (χ3n) is 2.63. The molecule has 0 aliphatic carbocycles. The summed E-state index contributed by atoms with van der Waals surface area (Å²) in [6, 6.07) is 9.69. The van der Waals surface area contributed by atoms with Crippen LogP contribution in [-0.4, -0.2) is 24.6 Å². The molecular weight excluding hydrogens is 268 g/mol. The first-order chi connectivity index (χ1) is 9.81. The van der Waals surface area contributed by atoms with E-state index in [4.69, 9.17) is 9.47 Å². The van der Waals surface area contributed by atoms with Crippen molar-refractivity contribution < 1.29 is 19.1 Å². The Hall–Kier alpha value is -2.10. The number of carbonyl (C=O) groups is 2. The molecule has 0 amide bonds. The van der Waals surface area contributed by atoms with E-state index in [1.807, 2.05) is 30.3 Å². The average Bonchev–Trinajstić information content (AvgIpc) is 2.41. The van der Waals surface area contributed by atoms with Crippen molar-refractivity contribution in [3.8, 4) is 0 Å². The first-order valence-corrected chi connectivity index (χ1v) is 6.85. The van der Waals surface area contributed by atoms with Gasteiger partial charge in [0.15, 0.2) is 0 Å². The summed E-state index contributed by atoms with van der Waals surface area (Å²) in [5, 5.41) is 0. The molecule has 1 aromatic carbocycles. The van der Waals surface area contributed by atoms with E-state index in [9.17, 15) is 9.59 Å². The van der Waals surface area contributed by atoms with E-state index in [1.54, 1.807) is 26.8 Å². The highest BCUT2D eigenvalue weighted by atomic mass is 16.6. The summed E-state index contributed by atoms with van der Waals surface area (Å²) in [6.07, 6.45) is 2.19. The number of allylic oxidation sites excluding steroid dienone is 1. The van der Waals surface area contributed by atoms with E-state index >= 15 is 0 Å². The highest BCUT2D eigenvalue weighted by Crippen LogP contribution is 2.13. The van der Waals surface area contributed by atoms with E-state index in [2.05, 4.69) is 0 Å². The van der Waals surface area contributed by atoms with Crippen LogP contribution in [0.25, 0.3) is 0 Å². The number of hydrogen-bond acceptors (Lipinski definition) is 4. The maximum atomic E-state index is 11.8. The zero-order valence-electron chi connectivity index (χ0n) is 13.0. The highest BCUT2D eigenvalue weighted by molar-refractivity contribution is 5.93. The smallest absolute Gasteiger partial charge is 0.334 e. The van der Waals surface area contributed by atoms with Gasteiger partial charge in [-0.25, -0.2) is 4.79 Å². The lowest BCUT2D eigenvalue weighted by Gasteiger charge is -2.19. The fourth-order valence-corrected chi connectivity index (χ4v) is 1.75. The Kier molecular flexibility index (Phi) is 6.15. The third kappa shape index (κ3) is 6.75. The second-order valence-corrected chi connectivity index (χ2v) is 5.67. The SMILES string of the molecule is COC(=O)/C(=C/Cc1ccccc1)CC(=O)OC(C)(C)C. The predicted molar refractivity (Wildman–Crippen MR) is 80.7 cm³/mol. The molecule has 0 heterocycles. The largest absolute Gasteiger partial charge is 0.466 e. The lowest BCUT2D eigenvalue weighted by molar-refractivity contribution is -0.155. The van der Waals surface area contributed by atoms with E-state index < -0.39 is 17.5 Å². The number of benzene rings is 1. The van der Waals surface area contributed by atoms with Crippen molar-refractivity contribution >= 4 is 11.9 Å². The maximum absolute atomic E-state index is 11.8. The minimum Gasteiger partial charge on any atom is -0.466 e. The molecule has 0 saturated heterocycles. The van der Waals surface area contributed by atoms with Gasteiger partial charge >= 0.3 is 11.9 Å². The number of rotatable bonds is 5. The van der Waals surface area contributed by atoms with Crippen molar-refractivity contribution in [2.45, 2.75) is 39.2 Å². The number of hydrogen-bond donors (Lipinski definition) is 0. The zero-order chi connectivity index (χ0) is 15.9. The predicted octanol–water partition coefficient (Wildman–Crippen LogP) is 3.06. The van der Waals surface area contributed by atoms with E-state index in [1.165, 1.54) is 7.11 Å². The van der Waals surface area contributed by atoms with Gasteiger partial charge < -0.3 is 9.47 Å².